The maximum absolute atomic E-state index is 11.5. The van der Waals surface area contributed by atoms with E-state index >= 15 is 0 Å². The summed E-state index contributed by atoms with van der Waals surface area (Å²) < 4.78 is 5.33. The first kappa shape index (κ1) is 10.6. The number of rotatable bonds is 4. The zero-order valence-electron chi connectivity index (χ0n) is 8.88. The maximum atomic E-state index is 11.5. The van der Waals surface area contributed by atoms with E-state index in [-0.39, 0.29) is 18.0 Å². The summed E-state index contributed by atoms with van der Waals surface area (Å²) >= 11 is 0. The summed E-state index contributed by atoms with van der Waals surface area (Å²) in [5.41, 5.74) is 0. The second-order valence-corrected chi connectivity index (χ2v) is 4.16. The molecule has 1 rings (SSSR count). The van der Waals surface area contributed by atoms with Crippen molar-refractivity contribution in [3.8, 4) is 0 Å². The van der Waals surface area contributed by atoms with Gasteiger partial charge in [-0.05, 0) is 25.2 Å². The minimum atomic E-state index is -0.000880. The molecule has 2 atom stereocenters. The van der Waals surface area contributed by atoms with Gasteiger partial charge in [0, 0.05) is 0 Å². The van der Waals surface area contributed by atoms with Crippen molar-refractivity contribution in [1.29, 1.82) is 0 Å². The molecule has 2 nitrogen and oxygen atoms in total. The highest BCUT2D eigenvalue weighted by Gasteiger charge is 2.26. The molecular weight excluding hydrogens is 164 g/mol. The summed E-state index contributed by atoms with van der Waals surface area (Å²) in [6.45, 7) is 6.18. The highest BCUT2D eigenvalue weighted by molar-refractivity contribution is 5.72. The molecule has 2 heteroatoms. The van der Waals surface area contributed by atoms with Gasteiger partial charge in [0.05, 0.1) is 5.92 Å². The van der Waals surface area contributed by atoms with Crippen LogP contribution in [0.25, 0.3) is 0 Å². The van der Waals surface area contributed by atoms with Gasteiger partial charge in [-0.25, -0.2) is 0 Å². The average molecular weight is 184 g/mol. The van der Waals surface area contributed by atoms with Crippen LogP contribution in [0, 0.1) is 11.8 Å². The molecule has 2 unspecified atom stereocenters. The second kappa shape index (κ2) is 4.64. The lowest BCUT2D eigenvalue weighted by molar-refractivity contribution is -0.159. The topological polar surface area (TPSA) is 26.3 Å². The Hall–Kier alpha value is -0.530. The smallest absolute Gasteiger partial charge is 0.309 e. The third kappa shape index (κ3) is 2.71. The highest BCUT2D eigenvalue weighted by atomic mass is 16.5. The first-order chi connectivity index (χ1) is 6.15. The lowest BCUT2D eigenvalue weighted by Gasteiger charge is -2.27. The van der Waals surface area contributed by atoms with Crippen molar-refractivity contribution < 1.29 is 9.53 Å². The quantitative estimate of drug-likeness (QED) is 0.628. The van der Waals surface area contributed by atoms with Gasteiger partial charge in [-0.15, -0.1) is 0 Å². The monoisotopic (exact) mass is 184 g/mol. The number of esters is 1. The van der Waals surface area contributed by atoms with E-state index in [1.807, 2.05) is 6.92 Å². The Morgan fingerprint density at radius 2 is 2.08 bits per heavy atom. The summed E-state index contributed by atoms with van der Waals surface area (Å²) in [5, 5.41) is 0. The van der Waals surface area contributed by atoms with Crippen LogP contribution in [0.1, 0.15) is 46.5 Å². The molecule has 0 aromatic heterocycles. The van der Waals surface area contributed by atoms with Crippen molar-refractivity contribution in [2.75, 3.05) is 0 Å². The van der Waals surface area contributed by atoms with Gasteiger partial charge in [-0.1, -0.05) is 27.2 Å². The average Bonchev–Trinajstić information content (AvgIpc) is 2.08. The normalized spacial score (nSPS) is 21.8. The summed E-state index contributed by atoms with van der Waals surface area (Å²) in [4.78, 5) is 11.5. The lowest BCUT2D eigenvalue weighted by atomic mass is 9.92. The molecule has 0 N–H and O–H groups in total. The largest absolute Gasteiger partial charge is 0.462 e. The van der Waals surface area contributed by atoms with Crippen molar-refractivity contribution in [2.24, 2.45) is 11.8 Å². The van der Waals surface area contributed by atoms with E-state index in [2.05, 4.69) is 13.8 Å². The zero-order valence-corrected chi connectivity index (χ0v) is 8.88. The van der Waals surface area contributed by atoms with Crippen LogP contribution in [0.5, 0.6) is 0 Å². The Labute approximate surface area is 80.7 Å². The van der Waals surface area contributed by atoms with E-state index in [4.69, 9.17) is 4.74 Å². The van der Waals surface area contributed by atoms with Crippen LogP contribution in [0.15, 0.2) is 0 Å². The van der Waals surface area contributed by atoms with Gasteiger partial charge < -0.3 is 4.74 Å². The lowest BCUT2D eigenvalue weighted by Crippen LogP contribution is -2.30. The Bertz CT molecular complexity index is 173. The molecule has 0 bridgehead atoms. The zero-order chi connectivity index (χ0) is 9.84. The number of carbonyl (C=O) groups is 1. The fourth-order valence-electron chi connectivity index (χ4n) is 1.35. The van der Waals surface area contributed by atoms with Gasteiger partial charge in [0.2, 0.25) is 0 Å². The first-order valence-corrected chi connectivity index (χ1v) is 5.35. The van der Waals surface area contributed by atoms with Gasteiger partial charge >= 0.3 is 5.97 Å². The van der Waals surface area contributed by atoms with Crippen molar-refractivity contribution in [3.05, 3.63) is 0 Å². The molecule has 0 amide bonds. The molecule has 0 aromatic rings. The summed E-state index contributed by atoms with van der Waals surface area (Å²) in [5.74, 6) is 0.497. The molecule has 1 saturated carbocycles. The van der Waals surface area contributed by atoms with Crippen LogP contribution in [0.2, 0.25) is 0 Å². The van der Waals surface area contributed by atoms with Crippen molar-refractivity contribution in [1.82, 2.24) is 0 Å². The maximum Gasteiger partial charge on any atom is 0.309 e. The summed E-state index contributed by atoms with van der Waals surface area (Å²) in [6.07, 6.45) is 4.63. The van der Waals surface area contributed by atoms with Crippen LogP contribution >= 0.6 is 0 Å². The van der Waals surface area contributed by atoms with E-state index in [1.54, 1.807) is 0 Å². The van der Waals surface area contributed by atoms with Crippen LogP contribution < -0.4 is 0 Å². The Morgan fingerprint density at radius 1 is 1.46 bits per heavy atom. The molecule has 0 aromatic carbocycles. The second-order valence-electron chi connectivity index (χ2n) is 4.16. The van der Waals surface area contributed by atoms with Crippen LogP contribution in [-0.4, -0.2) is 12.1 Å². The predicted octanol–water partition coefficient (Wildman–Crippen LogP) is 2.76. The van der Waals surface area contributed by atoms with E-state index in [1.165, 1.54) is 6.42 Å². The molecule has 13 heavy (non-hydrogen) atoms. The minimum Gasteiger partial charge on any atom is -0.462 e. The number of hydrogen-bond donors (Lipinski definition) is 0. The predicted molar refractivity (Wildman–Crippen MR) is 52.4 cm³/mol. The van der Waals surface area contributed by atoms with Gasteiger partial charge in [0.15, 0.2) is 0 Å². The molecule has 1 aliphatic rings. The molecule has 0 heterocycles. The van der Waals surface area contributed by atoms with Crippen LogP contribution in [0.4, 0.5) is 0 Å². The van der Waals surface area contributed by atoms with Gasteiger partial charge in [0.1, 0.15) is 6.10 Å². The SMILES string of the molecule is CCC(C)C(C)C(=O)OC1CCC1. The van der Waals surface area contributed by atoms with E-state index in [9.17, 15) is 4.79 Å². The van der Waals surface area contributed by atoms with E-state index in [0.717, 1.165) is 19.3 Å². The fourth-order valence-corrected chi connectivity index (χ4v) is 1.35. The minimum absolute atomic E-state index is 0.000880. The molecule has 0 spiro atoms. The van der Waals surface area contributed by atoms with Crippen LogP contribution in [-0.2, 0) is 9.53 Å². The molecule has 0 radical (unpaired) electrons. The Balaban J connectivity index is 2.28. The van der Waals surface area contributed by atoms with Gasteiger partial charge in [-0.3, -0.25) is 4.79 Å². The Morgan fingerprint density at radius 3 is 2.46 bits per heavy atom. The molecule has 0 saturated heterocycles. The standard InChI is InChI=1S/C11H20O2/c1-4-8(2)9(3)11(12)13-10-6-5-7-10/h8-10H,4-7H2,1-3H3. The van der Waals surface area contributed by atoms with Gasteiger partial charge in [-0.2, -0.15) is 0 Å². The van der Waals surface area contributed by atoms with Crippen molar-refractivity contribution >= 4 is 5.97 Å². The van der Waals surface area contributed by atoms with Crippen molar-refractivity contribution in [2.45, 2.75) is 52.6 Å². The summed E-state index contributed by atoms with van der Waals surface area (Å²) in [6, 6.07) is 0. The number of carbonyl (C=O) groups excluding carboxylic acids is 1. The molecule has 76 valence electrons. The molecule has 1 aliphatic carbocycles. The number of ether oxygens (including phenoxy) is 1. The first-order valence-electron chi connectivity index (χ1n) is 5.35. The van der Waals surface area contributed by atoms with E-state index in [0.29, 0.717) is 5.92 Å². The third-order valence-corrected chi connectivity index (χ3v) is 3.20. The highest BCUT2D eigenvalue weighted by Crippen LogP contribution is 2.25. The fraction of sp³-hybridized carbons (Fsp3) is 0.909. The van der Waals surface area contributed by atoms with Gasteiger partial charge in [0.25, 0.3) is 0 Å². The molecule has 0 aliphatic heterocycles. The Kier molecular flexibility index (Phi) is 3.76. The summed E-state index contributed by atoms with van der Waals surface area (Å²) in [7, 11) is 0. The van der Waals surface area contributed by atoms with Crippen molar-refractivity contribution in [3.63, 3.8) is 0 Å². The van der Waals surface area contributed by atoms with E-state index < -0.39 is 0 Å². The molecular formula is C11H20O2. The van der Waals surface area contributed by atoms with Crippen LogP contribution in [0.3, 0.4) is 0 Å². The molecule has 1 fully saturated rings. The number of hydrogen-bond acceptors (Lipinski definition) is 2. The third-order valence-electron chi connectivity index (χ3n) is 3.20.